The zero-order valence-electron chi connectivity index (χ0n) is 13.6. The molecule has 1 heteroatoms. The normalized spacial score (nSPS) is 14.2. The van der Waals surface area contributed by atoms with E-state index in [2.05, 4.69) is 25.1 Å². The Bertz CT molecular complexity index is 447. The third-order valence-corrected chi connectivity index (χ3v) is 4.65. The van der Waals surface area contributed by atoms with Crippen LogP contribution >= 0.6 is 0 Å². The molecule has 0 aliphatic heterocycles. The van der Waals surface area contributed by atoms with E-state index in [0.717, 1.165) is 12.8 Å². The van der Waals surface area contributed by atoms with Gasteiger partial charge in [0.2, 0.25) is 0 Å². The number of carbonyl (C=O) groups excluding carboxylic acids is 1. The summed E-state index contributed by atoms with van der Waals surface area (Å²) in [6.45, 7) is 2.27. The van der Waals surface area contributed by atoms with Crippen molar-refractivity contribution in [1.29, 1.82) is 0 Å². The van der Waals surface area contributed by atoms with Gasteiger partial charge >= 0.3 is 0 Å². The second-order valence-corrected chi connectivity index (χ2v) is 6.54. The van der Waals surface area contributed by atoms with Crippen LogP contribution in [0.5, 0.6) is 0 Å². The van der Waals surface area contributed by atoms with Crippen LogP contribution < -0.4 is 0 Å². The molecule has 0 heterocycles. The largest absolute Gasteiger partial charge is 0.299 e. The molecule has 2 rings (SSSR count). The van der Waals surface area contributed by atoms with E-state index in [1.54, 1.807) is 0 Å². The van der Waals surface area contributed by atoms with Crippen molar-refractivity contribution in [2.45, 2.75) is 84.0 Å². The Morgan fingerprint density at radius 3 is 2.33 bits per heavy atom. The van der Waals surface area contributed by atoms with Crippen LogP contribution in [0.1, 0.15) is 81.4 Å². The number of ketones is 1. The molecule has 21 heavy (non-hydrogen) atoms. The number of hydrogen-bond donors (Lipinski definition) is 0. The molecule has 0 atom stereocenters. The van der Waals surface area contributed by atoms with Gasteiger partial charge in [0.05, 0.1) is 0 Å². The molecular formula is C20H30O. The molecule has 0 saturated heterocycles. The van der Waals surface area contributed by atoms with Gasteiger partial charge in [-0.15, -0.1) is 0 Å². The molecule has 1 nitrogen and oxygen atoms in total. The first kappa shape index (κ1) is 16.3. The summed E-state index contributed by atoms with van der Waals surface area (Å²) in [5.74, 6) is 0.401. The van der Waals surface area contributed by atoms with E-state index in [1.807, 2.05) is 0 Å². The minimum absolute atomic E-state index is 0.401. The Morgan fingerprint density at radius 2 is 1.57 bits per heavy atom. The van der Waals surface area contributed by atoms with Crippen LogP contribution in [-0.2, 0) is 24.1 Å². The molecule has 0 fully saturated rings. The van der Waals surface area contributed by atoms with Crippen LogP contribution in [0.3, 0.4) is 0 Å². The lowest BCUT2D eigenvalue weighted by molar-refractivity contribution is -0.118. The minimum Gasteiger partial charge on any atom is -0.299 e. The number of aryl methyl sites for hydroxylation is 2. The summed E-state index contributed by atoms with van der Waals surface area (Å²) in [6, 6.07) is 6.77. The third kappa shape index (κ3) is 5.65. The van der Waals surface area contributed by atoms with Gasteiger partial charge in [0.25, 0.3) is 0 Å². The van der Waals surface area contributed by atoms with Crippen molar-refractivity contribution in [3.05, 3.63) is 34.9 Å². The lowest BCUT2D eigenvalue weighted by Crippen LogP contribution is -2.13. The summed E-state index contributed by atoms with van der Waals surface area (Å²) in [6.07, 6.45) is 14.6. The van der Waals surface area contributed by atoms with Gasteiger partial charge in [-0.1, -0.05) is 70.1 Å². The average molecular weight is 286 g/mol. The van der Waals surface area contributed by atoms with Gasteiger partial charge in [-0.2, -0.15) is 0 Å². The van der Waals surface area contributed by atoms with E-state index in [1.165, 1.54) is 74.5 Å². The minimum atomic E-state index is 0.401. The number of unbranched alkanes of at least 4 members (excludes halogenated alkanes) is 7. The first-order valence-corrected chi connectivity index (χ1v) is 8.92. The topological polar surface area (TPSA) is 17.1 Å². The molecule has 1 aliphatic rings. The van der Waals surface area contributed by atoms with Crippen LogP contribution in [0.25, 0.3) is 0 Å². The van der Waals surface area contributed by atoms with E-state index in [4.69, 9.17) is 0 Å². The Balaban J connectivity index is 1.64. The molecule has 0 radical (unpaired) electrons. The predicted molar refractivity (Wildman–Crippen MR) is 89.8 cm³/mol. The molecule has 0 bridgehead atoms. The second-order valence-electron chi connectivity index (χ2n) is 6.54. The monoisotopic (exact) mass is 286 g/mol. The molecule has 0 spiro atoms. The summed E-state index contributed by atoms with van der Waals surface area (Å²) < 4.78 is 0. The Hall–Kier alpha value is -1.11. The van der Waals surface area contributed by atoms with Crippen LogP contribution in [0.4, 0.5) is 0 Å². The van der Waals surface area contributed by atoms with E-state index in [-0.39, 0.29) is 0 Å². The van der Waals surface area contributed by atoms with Crippen molar-refractivity contribution in [1.82, 2.24) is 0 Å². The first-order chi connectivity index (χ1) is 10.3. The summed E-state index contributed by atoms with van der Waals surface area (Å²) in [7, 11) is 0. The van der Waals surface area contributed by atoms with E-state index < -0.39 is 0 Å². The van der Waals surface area contributed by atoms with E-state index in [9.17, 15) is 4.79 Å². The maximum atomic E-state index is 11.4. The van der Waals surface area contributed by atoms with Crippen molar-refractivity contribution in [3.63, 3.8) is 0 Å². The number of carbonyl (C=O) groups is 1. The lowest BCUT2D eigenvalue weighted by Gasteiger charge is -2.16. The maximum absolute atomic E-state index is 11.4. The van der Waals surface area contributed by atoms with Crippen LogP contribution in [0.15, 0.2) is 18.2 Å². The average Bonchev–Trinajstić information content (AvgIpc) is 2.50. The number of rotatable bonds is 9. The predicted octanol–water partition coefficient (Wildman–Crippen LogP) is 5.43. The molecule has 0 N–H and O–H groups in total. The fraction of sp³-hybridized carbons (Fsp3) is 0.650. The van der Waals surface area contributed by atoms with Crippen molar-refractivity contribution in [2.75, 3.05) is 0 Å². The van der Waals surface area contributed by atoms with Crippen molar-refractivity contribution < 1.29 is 4.79 Å². The highest BCUT2D eigenvalue weighted by Gasteiger charge is 2.15. The summed E-state index contributed by atoms with van der Waals surface area (Å²) in [4.78, 5) is 11.4. The Labute approximate surface area is 130 Å². The molecule has 0 aromatic heterocycles. The molecule has 0 saturated carbocycles. The molecular weight excluding hydrogens is 256 g/mol. The highest BCUT2D eigenvalue weighted by molar-refractivity contribution is 5.83. The van der Waals surface area contributed by atoms with Gasteiger partial charge in [-0.3, -0.25) is 4.79 Å². The molecule has 0 unspecified atom stereocenters. The van der Waals surface area contributed by atoms with Crippen LogP contribution in [0.2, 0.25) is 0 Å². The molecule has 1 aromatic carbocycles. The zero-order chi connectivity index (χ0) is 14.9. The maximum Gasteiger partial charge on any atom is 0.137 e. The van der Waals surface area contributed by atoms with Gasteiger partial charge in [0, 0.05) is 12.8 Å². The summed E-state index contributed by atoms with van der Waals surface area (Å²) in [5, 5.41) is 0. The number of Topliss-reactive ketones (excluding diaryl/α,β-unsaturated/α-hetero) is 1. The standard InChI is InChI=1S/C20H30O/c1-2-3-4-5-6-7-8-9-10-17-11-12-19-16-20(21)14-13-18(19)15-17/h11-12,15H,2-10,13-14,16H2,1H3. The van der Waals surface area contributed by atoms with Gasteiger partial charge < -0.3 is 0 Å². The van der Waals surface area contributed by atoms with E-state index >= 15 is 0 Å². The molecule has 1 aromatic rings. The number of hydrogen-bond acceptors (Lipinski definition) is 1. The van der Waals surface area contributed by atoms with Gasteiger partial charge in [-0.05, 0) is 36.0 Å². The van der Waals surface area contributed by atoms with Crippen molar-refractivity contribution >= 4 is 5.78 Å². The van der Waals surface area contributed by atoms with Crippen molar-refractivity contribution in [3.8, 4) is 0 Å². The first-order valence-electron chi connectivity index (χ1n) is 8.92. The van der Waals surface area contributed by atoms with Gasteiger partial charge in [0.1, 0.15) is 5.78 Å². The highest BCUT2D eigenvalue weighted by atomic mass is 16.1. The smallest absolute Gasteiger partial charge is 0.137 e. The second kappa shape index (κ2) is 9.02. The number of benzene rings is 1. The fourth-order valence-corrected chi connectivity index (χ4v) is 3.28. The zero-order valence-corrected chi connectivity index (χ0v) is 13.6. The molecule has 0 amide bonds. The van der Waals surface area contributed by atoms with E-state index in [0.29, 0.717) is 12.2 Å². The number of fused-ring (bicyclic) bond motifs is 1. The summed E-state index contributed by atoms with van der Waals surface area (Å²) >= 11 is 0. The quantitative estimate of drug-likeness (QED) is 0.553. The van der Waals surface area contributed by atoms with Gasteiger partial charge in [-0.25, -0.2) is 0 Å². The van der Waals surface area contributed by atoms with Crippen LogP contribution in [-0.4, -0.2) is 5.78 Å². The van der Waals surface area contributed by atoms with Crippen LogP contribution in [0, 0.1) is 0 Å². The Kier molecular flexibility index (Phi) is 6.99. The lowest BCUT2D eigenvalue weighted by atomic mass is 9.89. The summed E-state index contributed by atoms with van der Waals surface area (Å²) in [5.41, 5.74) is 4.16. The van der Waals surface area contributed by atoms with Gasteiger partial charge in [0.15, 0.2) is 0 Å². The SMILES string of the molecule is CCCCCCCCCCc1ccc2c(c1)CCC(=O)C2. The molecule has 1 aliphatic carbocycles. The molecule has 116 valence electrons. The Morgan fingerprint density at radius 1 is 0.857 bits per heavy atom. The third-order valence-electron chi connectivity index (χ3n) is 4.65. The fourth-order valence-electron chi connectivity index (χ4n) is 3.28. The highest BCUT2D eigenvalue weighted by Crippen LogP contribution is 2.21. The van der Waals surface area contributed by atoms with Crippen molar-refractivity contribution in [2.24, 2.45) is 0 Å².